The van der Waals surface area contributed by atoms with Crippen molar-refractivity contribution < 1.29 is 28.6 Å². The fraction of sp³-hybridized carbons (Fsp3) is 0.722. The maximum Gasteiger partial charge on any atom is 0.330 e. The van der Waals surface area contributed by atoms with Crippen LogP contribution in [-0.2, 0) is 28.6 Å². The number of hydrogen-bond donors (Lipinski definition) is 0. The van der Waals surface area contributed by atoms with Gasteiger partial charge in [0.2, 0.25) is 0 Å². The summed E-state index contributed by atoms with van der Waals surface area (Å²) in [6.07, 6.45) is 8.66. The molecule has 0 radical (unpaired) electrons. The van der Waals surface area contributed by atoms with Crippen molar-refractivity contribution in [3.05, 3.63) is 12.2 Å². The van der Waals surface area contributed by atoms with Gasteiger partial charge in [-0.2, -0.15) is 0 Å². The molecule has 6 heteroatoms. The van der Waals surface area contributed by atoms with E-state index in [1.165, 1.54) is 6.08 Å². The molecule has 1 heterocycles. The van der Waals surface area contributed by atoms with E-state index in [9.17, 15) is 14.4 Å². The summed E-state index contributed by atoms with van der Waals surface area (Å²) in [5, 5.41) is 0. The molecule has 0 bridgehead atoms. The molecule has 0 fully saturated rings. The zero-order valence-corrected chi connectivity index (χ0v) is 14.6. The van der Waals surface area contributed by atoms with Crippen LogP contribution in [0.5, 0.6) is 0 Å². The van der Waals surface area contributed by atoms with Gasteiger partial charge in [0.15, 0.2) is 0 Å². The molecule has 0 aromatic rings. The first kappa shape index (κ1) is 20.2. The van der Waals surface area contributed by atoms with Gasteiger partial charge in [0.05, 0.1) is 25.6 Å². The maximum absolute atomic E-state index is 11.6. The highest BCUT2D eigenvalue weighted by Gasteiger charge is 2.15. The molecule has 136 valence electrons. The Morgan fingerprint density at radius 3 is 2.71 bits per heavy atom. The average Bonchev–Trinajstić information content (AvgIpc) is 2.53. The Morgan fingerprint density at radius 2 is 2.00 bits per heavy atom. The van der Waals surface area contributed by atoms with Gasteiger partial charge in [0.1, 0.15) is 6.10 Å². The largest absolute Gasteiger partial charge is 0.466 e. The molecule has 0 unspecified atom stereocenters. The lowest BCUT2D eigenvalue weighted by atomic mass is 10.0. The third-order valence-corrected chi connectivity index (χ3v) is 3.74. The van der Waals surface area contributed by atoms with Gasteiger partial charge < -0.3 is 14.2 Å². The first-order chi connectivity index (χ1) is 11.5. The Bertz CT molecular complexity index is 443. The molecule has 24 heavy (non-hydrogen) atoms. The van der Waals surface area contributed by atoms with Crippen LogP contribution in [0.2, 0.25) is 0 Å². The summed E-state index contributed by atoms with van der Waals surface area (Å²) in [6.45, 7) is 3.91. The minimum absolute atomic E-state index is 0.000581. The predicted octanol–water partition coefficient (Wildman–Crippen LogP) is 3.08. The van der Waals surface area contributed by atoms with Crippen molar-refractivity contribution in [3.63, 3.8) is 0 Å². The Balaban J connectivity index is 2.02. The Hall–Kier alpha value is -1.85. The third-order valence-electron chi connectivity index (χ3n) is 3.74. The second-order valence-corrected chi connectivity index (χ2v) is 5.94. The van der Waals surface area contributed by atoms with Crippen LogP contribution >= 0.6 is 0 Å². The standard InChI is InChI=1S/C18H28O6/c1-3-22-16(19)12-13-18(21)23-14(2)8-5-4-6-9-15-10-7-11-17(20)24-15/h7,11,14-15H,3-6,8-10,12-13H2,1-2H3/t14-,15-/m1/s1. The van der Waals surface area contributed by atoms with Gasteiger partial charge in [-0.25, -0.2) is 4.79 Å². The van der Waals surface area contributed by atoms with Crippen molar-refractivity contribution in [1.29, 1.82) is 0 Å². The first-order valence-corrected chi connectivity index (χ1v) is 8.73. The number of unbranched alkanes of at least 4 members (excludes halogenated alkanes) is 2. The lowest BCUT2D eigenvalue weighted by molar-refractivity contribution is -0.153. The first-order valence-electron chi connectivity index (χ1n) is 8.73. The molecule has 0 aromatic carbocycles. The quantitative estimate of drug-likeness (QED) is 0.327. The summed E-state index contributed by atoms with van der Waals surface area (Å²) in [5.74, 6) is -0.994. The molecule has 0 amide bonds. The number of esters is 3. The molecule has 1 rings (SSSR count). The van der Waals surface area contributed by atoms with Crippen molar-refractivity contribution >= 4 is 17.9 Å². The Kier molecular flexibility index (Phi) is 9.80. The van der Waals surface area contributed by atoms with Crippen molar-refractivity contribution in [2.24, 2.45) is 0 Å². The molecule has 0 spiro atoms. The van der Waals surface area contributed by atoms with Crippen LogP contribution in [0.25, 0.3) is 0 Å². The van der Waals surface area contributed by atoms with Gasteiger partial charge in [-0.05, 0) is 39.5 Å². The summed E-state index contributed by atoms with van der Waals surface area (Å²) in [5.41, 5.74) is 0. The van der Waals surface area contributed by atoms with Gasteiger partial charge in [0.25, 0.3) is 0 Å². The van der Waals surface area contributed by atoms with E-state index in [1.807, 2.05) is 13.0 Å². The SMILES string of the molecule is CCOC(=O)CCC(=O)O[C@H](C)CCCCC[C@@H]1CC=CC(=O)O1. The second-order valence-electron chi connectivity index (χ2n) is 5.94. The predicted molar refractivity (Wildman–Crippen MR) is 88.1 cm³/mol. The Morgan fingerprint density at radius 1 is 1.25 bits per heavy atom. The highest BCUT2D eigenvalue weighted by molar-refractivity contribution is 5.82. The fourth-order valence-electron chi connectivity index (χ4n) is 2.50. The van der Waals surface area contributed by atoms with Gasteiger partial charge in [0, 0.05) is 12.5 Å². The summed E-state index contributed by atoms with van der Waals surface area (Å²) in [4.78, 5) is 33.9. The number of cyclic esters (lactones) is 1. The minimum atomic E-state index is -0.375. The van der Waals surface area contributed by atoms with Crippen molar-refractivity contribution in [2.75, 3.05) is 6.61 Å². The lowest BCUT2D eigenvalue weighted by Crippen LogP contribution is -2.19. The zero-order valence-electron chi connectivity index (χ0n) is 14.6. The number of carbonyl (C=O) groups is 3. The van der Waals surface area contributed by atoms with Crippen LogP contribution in [0.1, 0.15) is 65.2 Å². The van der Waals surface area contributed by atoms with Crippen LogP contribution in [0.3, 0.4) is 0 Å². The van der Waals surface area contributed by atoms with E-state index in [-0.39, 0.29) is 43.0 Å². The third kappa shape index (κ3) is 9.33. The lowest BCUT2D eigenvalue weighted by Gasteiger charge is -2.18. The van der Waals surface area contributed by atoms with Crippen LogP contribution in [0.15, 0.2) is 12.2 Å². The van der Waals surface area contributed by atoms with Gasteiger partial charge >= 0.3 is 17.9 Å². The number of ether oxygens (including phenoxy) is 3. The molecule has 1 aliphatic heterocycles. The van der Waals surface area contributed by atoms with E-state index < -0.39 is 0 Å². The molecule has 1 aliphatic rings. The fourth-order valence-corrected chi connectivity index (χ4v) is 2.50. The normalized spacial score (nSPS) is 17.9. The highest BCUT2D eigenvalue weighted by Crippen LogP contribution is 2.16. The monoisotopic (exact) mass is 340 g/mol. The maximum atomic E-state index is 11.6. The van der Waals surface area contributed by atoms with E-state index in [2.05, 4.69) is 0 Å². The molecule has 0 saturated carbocycles. The molecular weight excluding hydrogens is 312 g/mol. The van der Waals surface area contributed by atoms with Crippen LogP contribution in [0.4, 0.5) is 0 Å². The molecule has 2 atom stereocenters. The average molecular weight is 340 g/mol. The molecule has 0 aromatic heterocycles. The van der Waals surface area contributed by atoms with E-state index >= 15 is 0 Å². The minimum Gasteiger partial charge on any atom is -0.466 e. The summed E-state index contributed by atoms with van der Waals surface area (Å²) < 4.78 is 15.2. The smallest absolute Gasteiger partial charge is 0.330 e. The molecule has 0 saturated heterocycles. The number of rotatable bonds is 11. The van der Waals surface area contributed by atoms with E-state index in [0.717, 1.165) is 38.5 Å². The van der Waals surface area contributed by atoms with Gasteiger partial charge in [-0.1, -0.05) is 12.5 Å². The molecule has 0 aliphatic carbocycles. The topological polar surface area (TPSA) is 78.9 Å². The van der Waals surface area contributed by atoms with Crippen LogP contribution in [0, 0.1) is 0 Å². The summed E-state index contributed by atoms with van der Waals surface area (Å²) in [6, 6.07) is 0. The van der Waals surface area contributed by atoms with E-state index in [0.29, 0.717) is 6.61 Å². The molecular formula is C18H28O6. The summed E-state index contributed by atoms with van der Waals surface area (Å²) in [7, 11) is 0. The number of hydrogen-bond acceptors (Lipinski definition) is 6. The summed E-state index contributed by atoms with van der Waals surface area (Å²) >= 11 is 0. The van der Waals surface area contributed by atoms with Gasteiger partial charge in [-0.15, -0.1) is 0 Å². The van der Waals surface area contributed by atoms with Crippen molar-refractivity contribution in [3.8, 4) is 0 Å². The van der Waals surface area contributed by atoms with E-state index in [4.69, 9.17) is 14.2 Å². The van der Waals surface area contributed by atoms with Crippen molar-refractivity contribution in [1.82, 2.24) is 0 Å². The number of carbonyl (C=O) groups excluding carboxylic acids is 3. The van der Waals surface area contributed by atoms with Gasteiger partial charge in [-0.3, -0.25) is 9.59 Å². The Labute approximate surface area is 143 Å². The molecule has 0 N–H and O–H groups in total. The second kappa shape index (κ2) is 11.6. The zero-order chi connectivity index (χ0) is 17.8. The highest BCUT2D eigenvalue weighted by atomic mass is 16.5. The molecule has 6 nitrogen and oxygen atoms in total. The van der Waals surface area contributed by atoms with Crippen LogP contribution in [-0.4, -0.2) is 36.7 Å². The van der Waals surface area contributed by atoms with E-state index in [1.54, 1.807) is 6.92 Å². The van der Waals surface area contributed by atoms with Crippen molar-refractivity contribution in [2.45, 2.75) is 77.4 Å². The van der Waals surface area contributed by atoms with Crippen LogP contribution < -0.4 is 0 Å².